The van der Waals surface area contributed by atoms with Gasteiger partial charge in [0.25, 0.3) is 0 Å². The molecule has 0 N–H and O–H groups in total. The molecule has 0 atom stereocenters. The SMILES string of the molecule is CSc1ccc(-c2oc3ccccc3c(=O)c2Br)cc1. The highest BCUT2D eigenvalue weighted by Gasteiger charge is 2.13. The molecule has 0 aliphatic heterocycles. The van der Waals surface area contributed by atoms with E-state index < -0.39 is 0 Å². The highest BCUT2D eigenvalue weighted by Crippen LogP contribution is 2.30. The molecule has 4 heteroatoms. The maximum absolute atomic E-state index is 12.3. The Hall–Kier alpha value is -1.52. The normalized spacial score (nSPS) is 10.9. The quantitative estimate of drug-likeness (QED) is 0.615. The molecule has 0 spiro atoms. The number of halogens is 1. The van der Waals surface area contributed by atoms with E-state index in [4.69, 9.17) is 4.42 Å². The predicted molar refractivity (Wildman–Crippen MR) is 87.4 cm³/mol. The third kappa shape index (κ3) is 2.30. The van der Waals surface area contributed by atoms with E-state index in [-0.39, 0.29) is 5.43 Å². The van der Waals surface area contributed by atoms with Gasteiger partial charge in [0.15, 0.2) is 5.76 Å². The Bertz CT molecular complexity index is 822. The van der Waals surface area contributed by atoms with Crippen LogP contribution in [0, 0.1) is 0 Å². The summed E-state index contributed by atoms with van der Waals surface area (Å²) in [6.07, 6.45) is 2.03. The Morgan fingerprint density at radius 1 is 1.05 bits per heavy atom. The zero-order valence-electron chi connectivity index (χ0n) is 10.7. The Morgan fingerprint density at radius 2 is 1.75 bits per heavy atom. The van der Waals surface area contributed by atoms with Gasteiger partial charge in [-0.25, -0.2) is 0 Å². The number of hydrogen-bond donors (Lipinski definition) is 0. The maximum Gasteiger partial charge on any atom is 0.207 e. The second-order valence-electron chi connectivity index (χ2n) is 4.30. The average Bonchev–Trinajstić information content (AvgIpc) is 2.51. The molecule has 0 aliphatic carbocycles. The van der Waals surface area contributed by atoms with Gasteiger partial charge in [0, 0.05) is 10.5 Å². The lowest BCUT2D eigenvalue weighted by Crippen LogP contribution is -2.03. The molecule has 20 heavy (non-hydrogen) atoms. The number of rotatable bonds is 2. The molecule has 0 radical (unpaired) electrons. The number of benzene rings is 2. The smallest absolute Gasteiger partial charge is 0.207 e. The molecule has 0 bridgehead atoms. The van der Waals surface area contributed by atoms with Gasteiger partial charge in [0.05, 0.1) is 5.39 Å². The fourth-order valence-corrected chi connectivity index (χ4v) is 2.98. The van der Waals surface area contributed by atoms with Gasteiger partial charge in [-0.15, -0.1) is 11.8 Å². The predicted octanol–water partition coefficient (Wildman–Crippen LogP) is 4.94. The van der Waals surface area contributed by atoms with E-state index in [9.17, 15) is 4.79 Å². The molecule has 0 amide bonds. The summed E-state index contributed by atoms with van der Waals surface area (Å²) in [6, 6.07) is 15.2. The Balaban J connectivity index is 2.25. The molecule has 0 aliphatic rings. The van der Waals surface area contributed by atoms with Gasteiger partial charge in [0.1, 0.15) is 10.1 Å². The van der Waals surface area contributed by atoms with Crippen LogP contribution in [0.15, 0.2) is 67.1 Å². The first-order valence-electron chi connectivity index (χ1n) is 6.06. The summed E-state index contributed by atoms with van der Waals surface area (Å²) in [6.45, 7) is 0. The Kier molecular flexibility index (Phi) is 3.68. The summed E-state index contributed by atoms with van der Waals surface area (Å²) in [5.41, 5.74) is 1.44. The highest BCUT2D eigenvalue weighted by atomic mass is 79.9. The molecule has 1 aromatic heterocycles. The average molecular weight is 347 g/mol. The molecule has 3 rings (SSSR count). The van der Waals surface area contributed by atoms with Crippen LogP contribution in [0.3, 0.4) is 0 Å². The number of thioether (sulfide) groups is 1. The van der Waals surface area contributed by atoms with Gasteiger partial charge in [-0.05, 0) is 46.5 Å². The fourth-order valence-electron chi connectivity index (χ4n) is 2.05. The van der Waals surface area contributed by atoms with Gasteiger partial charge in [-0.1, -0.05) is 24.3 Å². The van der Waals surface area contributed by atoms with Crippen molar-refractivity contribution in [1.29, 1.82) is 0 Å². The third-order valence-electron chi connectivity index (χ3n) is 3.09. The van der Waals surface area contributed by atoms with Crippen LogP contribution >= 0.6 is 27.7 Å². The monoisotopic (exact) mass is 346 g/mol. The van der Waals surface area contributed by atoms with E-state index in [1.54, 1.807) is 17.8 Å². The molecule has 1 heterocycles. The zero-order chi connectivity index (χ0) is 14.1. The van der Waals surface area contributed by atoms with E-state index in [2.05, 4.69) is 15.9 Å². The van der Waals surface area contributed by atoms with Crippen molar-refractivity contribution in [3.05, 3.63) is 63.2 Å². The second kappa shape index (κ2) is 5.46. The van der Waals surface area contributed by atoms with Crippen LogP contribution in [-0.2, 0) is 0 Å². The summed E-state index contributed by atoms with van der Waals surface area (Å²) in [4.78, 5) is 13.5. The molecule has 0 saturated heterocycles. The summed E-state index contributed by atoms with van der Waals surface area (Å²) >= 11 is 5.04. The Morgan fingerprint density at radius 3 is 2.45 bits per heavy atom. The molecule has 100 valence electrons. The number of fused-ring (bicyclic) bond motifs is 1. The minimum Gasteiger partial charge on any atom is -0.455 e. The summed E-state index contributed by atoms with van der Waals surface area (Å²) in [5, 5.41) is 0.587. The zero-order valence-corrected chi connectivity index (χ0v) is 13.1. The van der Waals surface area contributed by atoms with Gasteiger partial charge < -0.3 is 4.42 Å². The van der Waals surface area contributed by atoms with Crippen molar-refractivity contribution in [2.24, 2.45) is 0 Å². The number of hydrogen-bond acceptors (Lipinski definition) is 3. The van der Waals surface area contributed by atoms with Crippen LogP contribution in [0.1, 0.15) is 0 Å². The van der Waals surface area contributed by atoms with Crippen molar-refractivity contribution in [1.82, 2.24) is 0 Å². The fraction of sp³-hybridized carbons (Fsp3) is 0.0625. The minimum absolute atomic E-state index is 0.0456. The van der Waals surface area contributed by atoms with E-state index in [0.29, 0.717) is 21.2 Å². The van der Waals surface area contributed by atoms with Crippen molar-refractivity contribution >= 4 is 38.7 Å². The van der Waals surface area contributed by atoms with Crippen molar-refractivity contribution in [2.75, 3.05) is 6.26 Å². The lowest BCUT2D eigenvalue weighted by atomic mass is 10.1. The lowest BCUT2D eigenvalue weighted by molar-refractivity contribution is 0.615. The first-order chi connectivity index (χ1) is 9.70. The van der Waals surface area contributed by atoms with Crippen molar-refractivity contribution in [2.45, 2.75) is 4.90 Å². The van der Waals surface area contributed by atoms with Crippen LogP contribution in [-0.4, -0.2) is 6.26 Å². The van der Waals surface area contributed by atoms with Crippen LogP contribution < -0.4 is 5.43 Å². The minimum atomic E-state index is -0.0456. The molecule has 3 aromatic rings. The third-order valence-corrected chi connectivity index (χ3v) is 4.56. The molecular weight excluding hydrogens is 336 g/mol. The highest BCUT2D eigenvalue weighted by molar-refractivity contribution is 9.10. The Labute approximate surface area is 128 Å². The summed E-state index contributed by atoms with van der Waals surface area (Å²) in [5.74, 6) is 0.571. The van der Waals surface area contributed by atoms with Gasteiger partial charge in [-0.2, -0.15) is 0 Å². The first kappa shape index (κ1) is 13.5. The molecule has 2 aromatic carbocycles. The van der Waals surface area contributed by atoms with Gasteiger partial charge in [0.2, 0.25) is 5.43 Å². The first-order valence-corrected chi connectivity index (χ1v) is 8.08. The van der Waals surface area contributed by atoms with Crippen molar-refractivity contribution in [3.63, 3.8) is 0 Å². The van der Waals surface area contributed by atoms with Gasteiger partial charge in [-0.3, -0.25) is 4.79 Å². The van der Waals surface area contributed by atoms with Crippen LogP contribution in [0.5, 0.6) is 0 Å². The van der Waals surface area contributed by atoms with E-state index in [1.807, 2.05) is 48.7 Å². The molecule has 2 nitrogen and oxygen atoms in total. The van der Waals surface area contributed by atoms with Gasteiger partial charge >= 0.3 is 0 Å². The van der Waals surface area contributed by atoms with Crippen LogP contribution in [0.25, 0.3) is 22.3 Å². The van der Waals surface area contributed by atoms with Crippen molar-refractivity contribution in [3.8, 4) is 11.3 Å². The second-order valence-corrected chi connectivity index (χ2v) is 5.97. The topological polar surface area (TPSA) is 30.2 Å². The van der Waals surface area contributed by atoms with Crippen molar-refractivity contribution < 1.29 is 4.42 Å². The molecule has 0 unspecified atom stereocenters. The lowest BCUT2D eigenvalue weighted by Gasteiger charge is -2.06. The standard InChI is InChI=1S/C16H11BrO2S/c1-20-11-8-6-10(7-9-11)16-14(17)15(18)12-4-2-3-5-13(12)19-16/h2-9H,1H3. The largest absolute Gasteiger partial charge is 0.455 e. The van der Waals surface area contributed by atoms with E-state index in [1.165, 1.54) is 4.90 Å². The summed E-state index contributed by atoms with van der Waals surface area (Å²) < 4.78 is 6.35. The van der Waals surface area contributed by atoms with Crippen LogP contribution in [0.2, 0.25) is 0 Å². The van der Waals surface area contributed by atoms with Crippen LogP contribution in [0.4, 0.5) is 0 Å². The molecule has 0 fully saturated rings. The number of para-hydroxylation sites is 1. The van der Waals surface area contributed by atoms with E-state index >= 15 is 0 Å². The van der Waals surface area contributed by atoms with E-state index in [0.717, 1.165) is 5.56 Å². The summed E-state index contributed by atoms with van der Waals surface area (Å²) in [7, 11) is 0. The molecule has 0 saturated carbocycles. The molecular formula is C16H11BrO2S. The maximum atomic E-state index is 12.3.